The van der Waals surface area contributed by atoms with Crippen LogP contribution < -0.4 is 0 Å². The first kappa shape index (κ1) is 74.1. The Kier molecular flexibility index (Phi) is 56.3. The SMILES string of the molecule is CC/C=C\C/C=C\C/C=C\C/C=C\C/C=C\CCCCCC(=O)OCC(COP(=O)(O)OCC(CO)OC(=O)CCCCCCC/C=C\C/C=C\CCC)OC(=O)CCCCCCCCCCC/C=C\C/C=C\CCCCC. The van der Waals surface area contributed by atoms with Crippen molar-refractivity contribution in [2.75, 3.05) is 26.4 Å². The van der Waals surface area contributed by atoms with E-state index in [1.807, 2.05) is 0 Å². The van der Waals surface area contributed by atoms with Gasteiger partial charge in [0.1, 0.15) is 12.7 Å². The van der Waals surface area contributed by atoms with Gasteiger partial charge in [0.05, 0.1) is 19.8 Å². The molecule has 0 aromatic heterocycles. The van der Waals surface area contributed by atoms with Crippen molar-refractivity contribution in [1.82, 2.24) is 0 Å². The summed E-state index contributed by atoms with van der Waals surface area (Å²) >= 11 is 0. The van der Waals surface area contributed by atoms with Crippen molar-refractivity contribution in [1.29, 1.82) is 0 Å². The molecule has 3 unspecified atom stereocenters. The molecule has 0 aromatic rings. The van der Waals surface area contributed by atoms with Gasteiger partial charge in [0, 0.05) is 19.3 Å². The number of hydrogen-bond acceptors (Lipinski definition) is 10. The Morgan fingerprint density at radius 3 is 1.09 bits per heavy atom. The zero-order chi connectivity index (χ0) is 56.9. The molecule has 446 valence electrons. The van der Waals surface area contributed by atoms with Gasteiger partial charge >= 0.3 is 25.7 Å². The molecular formula is C66H111O11P. The van der Waals surface area contributed by atoms with Crippen LogP contribution in [0.1, 0.15) is 252 Å². The molecule has 3 atom stereocenters. The van der Waals surface area contributed by atoms with E-state index in [0.29, 0.717) is 19.3 Å². The van der Waals surface area contributed by atoms with Crippen molar-refractivity contribution in [2.45, 2.75) is 264 Å². The highest BCUT2D eigenvalue weighted by molar-refractivity contribution is 7.47. The van der Waals surface area contributed by atoms with Crippen LogP contribution >= 0.6 is 7.82 Å². The minimum Gasteiger partial charge on any atom is -0.462 e. The lowest BCUT2D eigenvalue weighted by Gasteiger charge is -2.21. The summed E-state index contributed by atoms with van der Waals surface area (Å²) in [4.78, 5) is 48.7. The maximum Gasteiger partial charge on any atom is 0.472 e. The summed E-state index contributed by atoms with van der Waals surface area (Å²) in [6.07, 6.45) is 71.8. The topological polar surface area (TPSA) is 155 Å². The smallest absolute Gasteiger partial charge is 0.462 e. The van der Waals surface area contributed by atoms with Gasteiger partial charge in [-0.15, -0.1) is 0 Å². The Balaban J connectivity index is 4.80. The first-order chi connectivity index (χ1) is 38.2. The maximum atomic E-state index is 12.9. The fourth-order valence-corrected chi connectivity index (χ4v) is 8.76. The zero-order valence-corrected chi connectivity index (χ0v) is 50.2. The molecule has 0 aliphatic carbocycles. The van der Waals surface area contributed by atoms with E-state index >= 15 is 0 Å². The second kappa shape index (κ2) is 59.3. The number of phosphoric acid groups is 1. The second-order valence-electron chi connectivity index (χ2n) is 20.1. The first-order valence-corrected chi connectivity index (χ1v) is 32.3. The van der Waals surface area contributed by atoms with Crippen LogP contribution in [0.5, 0.6) is 0 Å². The fraction of sp³-hybridized carbons (Fsp3) is 0.682. The standard InChI is InChI=1S/C66H111O11P/c1-4-7-10-13-16-19-22-25-27-29-31-33-35-38-40-43-46-49-52-55-64(68)73-59-63(77-66(70)57-54-51-48-45-42-39-36-34-32-30-28-26-23-20-17-14-11-8-5-2)61-75-78(71,72)74-60-62(58-67)76-65(69)56-53-50-47-44-41-37-24-21-18-15-12-9-6-3/h7,10,12,15-17,19-21,24-28,31,33,38,40,62-63,67H,4-6,8-9,11,13-14,18,22-23,29-30,32,34-37,39,41-61H2,1-3H3,(H,71,72)/b10-7-,15-12-,19-16-,20-17-,24-21-,27-25-,28-26-,33-31-,40-38-. The van der Waals surface area contributed by atoms with Gasteiger partial charge in [-0.05, 0) is 122 Å². The number of carbonyl (C=O) groups is 3. The second-order valence-corrected chi connectivity index (χ2v) is 21.6. The zero-order valence-electron chi connectivity index (χ0n) is 49.3. The van der Waals surface area contributed by atoms with Crippen LogP contribution in [-0.2, 0) is 42.2 Å². The van der Waals surface area contributed by atoms with Crippen LogP contribution in [-0.4, -0.2) is 66.5 Å². The van der Waals surface area contributed by atoms with E-state index in [1.165, 1.54) is 57.8 Å². The molecule has 0 radical (unpaired) electrons. The Hall–Kier alpha value is -3.86. The van der Waals surface area contributed by atoms with Crippen molar-refractivity contribution in [3.05, 3.63) is 109 Å². The third-order valence-electron chi connectivity index (χ3n) is 12.6. The van der Waals surface area contributed by atoms with Gasteiger partial charge < -0.3 is 24.2 Å². The number of rotatable bonds is 56. The van der Waals surface area contributed by atoms with Gasteiger partial charge in [-0.25, -0.2) is 4.57 Å². The third-order valence-corrected chi connectivity index (χ3v) is 13.6. The van der Waals surface area contributed by atoms with Gasteiger partial charge in [-0.2, -0.15) is 0 Å². The van der Waals surface area contributed by atoms with E-state index in [1.54, 1.807) is 0 Å². The molecule has 78 heavy (non-hydrogen) atoms. The van der Waals surface area contributed by atoms with E-state index in [4.69, 9.17) is 23.3 Å². The lowest BCUT2D eigenvalue weighted by molar-refractivity contribution is -0.161. The van der Waals surface area contributed by atoms with Gasteiger partial charge in [0.25, 0.3) is 0 Å². The Morgan fingerprint density at radius 2 is 0.692 bits per heavy atom. The van der Waals surface area contributed by atoms with Crippen molar-refractivity contribution in [2.24, 2.45) is 0 Å². The molecule has 12 heteroatoms. The monoisotopic (exact) mass is 1110 g/mol. The molecule has 0 saturated carbocycles. The molecule has 11 nitrogen and oxygen atoms in total. The van der Waals surface area contributed by atoms with Crippen LogP contribution in [0.4, 0.5) is 0 Å². The van der Waals surface area contributed by atoms with Crippen LogP contribution in [0, 0.1) is 0 Å². The maximum absolute atomic E-state index is 12.9. The number of hydrogen-bond donors (Lipinski definition) is 2. The molecule has 0 amide bonds. The lowest BCUT2D eigenvalue weighted by Crippen LogP contribution is -2.30. The molecule has 0 rings (SSSR count). The molecule has 0 heterocycles. The third kappa shape index (κ3) is 56.8. The summed E-state index contributed by atoms with van der Waals surface area (Å²) in [7, 11) is -4.77. The highest BCUT2D eigenvalue weighted by Gasteiger charge is 2.28. The van der Waals surface area contributed by atoms with E-state index in [2.05, 4.69) is 130 Å². The number of aliphatic hydroxyl groups is 1. The predicted octanol–water partition coefficient (Wildman–Crippen LogP) is 18.6. The number of aliphatic hydroxyl groups excluding tert-OH is 1. The summed E-state index contributed by atoms with van der Waals surface area (Å²) in [6, 6.07) is 0. The number of phosphoric ester groups is 1. The molecule has 0 spiro atoms. The van der Waals surface area contributed by atoms with E-state index in [0.717, 1.165) is 135 Å². The van der Waals surface area contributed by atoms with Gasteiger partial charge in [-0.1, -0.05) is 220 Å². The molecule has 0 saturated heterocycles. The minimum atomic E-state index is -4.77. The number of allylic oxidation sites excluding steroid dienone is 18. The van der Waals surface area contributed by atoms with E-state index < -0.39 is 57.8 Å². The highest BCUT2D eigenvalue weighted by Crippen LogP contribution is 2.43. The summed E-state index contributed by atoms with van der Waals surface area (Å²) in [5, 5.41) is 9.82. The average Bonchev–Trinajstić information content (AvgIpc) is 3.43. The van der Waals surface area contributed by atoms with Gasteiger partial charge in [-0.3, -0.25) is 23.4 Å². The summed E-state index contributed by atoms with van der Waals surface area (Å²) in [6.45, 7) is 4.39. The summed E-state index contributed by atoms with van der Waals surface area (Å²) in [5.41, 5.74) is 0. The minimum absolute atomic E-state index is 0.149. The van der Waals surface area contributed by atoms with Crippen molar-refractivity contribution >= 4 is 25.7 Å². The molecule has 0 aliphatic heterocycles. The number of esters is 3. The quantitative estimate of drug-likeness (QED) is 0.0197. The number of ether oxygens (including phenoxy) is 3. The molecule has 2 N–H and O–H groups in total. The van der Waals surface area contributed by atoms with Crippen LogP contribution in [0.3, 0.4) is 0 Å². The first-order valence-electron chi connectivity index (χ1n) is 30.8. The van der Waals surface area contributed by atoms with Crippen molar-refractivity contribution < 1.29 is 52.2 Å². The van der Waals surface area contributed by atoms with Crippen molar-refractivity contribution in [3.8, 4) is 0 Å². The van der Waals surface area contributed by atoms with Crippen molar-refractivity contribution in [3.63, 3.8) is 0 Å². The van der Waals surface area contributed by atoms with Crippen LogP contribution in [0.15, 0.2) is 109 Å². The predicted molar refractivity (Wildman–Crippen MR) is 325 cm³/mol. The molecule has 0 fully saturated rings. The van der Waals surface area contributed by atoms with Crippen LogP contribution in [0.2, 0.25) is 0 Å². The molecule has 0 bridgehead atoms. The number of carbonyl (C=O) groups excluding carboxylic acids is 3. The fourth-order valence-electron chi connectivity index (χ4n) is 7.98. The molecular weight excluding hydrogens is 1000 g/mol. The van der Waals surface area contributed by atoms with Crippen LogP contribution in [0.25, 0.3) is 0 Å². The van der Waals surface area contributed by atoms with E-state index in [-0.39, 0.29) is 25.9 Å². The summed E-state index contributed by atoms with van der Waals surface area (Å²) < 4.78 is 39.6. The van der Waals surface area contributed by atoms with Gasteiger partial charge in [0.15, 0.2) is 6.10 Å². The normalized spacial score (nSPS) is 14.1. The number of unbranched alkanes of at least 4 members (excludes halogenated alkanes) is 21. The lowest BCUT2D eigenvalue weighted by atomic mass is 10.1. The summed E-state index contributed by atoms with van der Waals surface area (Å²) in [5.74, 6) is -1.53. The molecule has 0 aliphatic rings. The Bertz CT molecular complexity index is 1720. The average molecular weight is 1110 g/mol. The van der Waals surface area contributed by atoms with Gasteiger partial charge in [0.2, 0.25) is 0 Å². The highest BCUT2D eigenvalue weighted by atomic mass is 31.2. The largest absolute Gasteiger partial charge is 0.472 e. The van der Waals surface area contributed by atoms with E-state index in [9.17, 15) is 28.9 Å². The Morgan fingerprint density at radius 1 is 0.372 bits per heavy atom. The molecule has 0 aromatic carbocycles. The Labute approximate surface area is 475 Å².